The average molecular weight is 393 g/mol. The first kappa shape index (κ1) is 20.6. The number of carbonyl (C=O) groups excluding carboxylic acids is 1. The van der Waals surface area contributed by atoms with Gasteiger partial charge >= 0.3 is 5.97 Å². The number of H-pyrrole nitrogens is 1. The van der Waals surface area contributed by atoms with Gasteiger partial charge in [-0.2, -0.15) is 0 Å². The van der Waals surface area contributed by atoms with E-state index in [9.17, 15) is 14.7 Å². The van der Waals surface area contributed by atoms with E-state index < -0.39 is 12.0 Å². The fraction of sp³-hybridized carbons (Fsp3) is 0.304. The van der Waals surface area contributed by atoms with Crippen molar-refractivity contribution in [2.24, 2.45) is 0 Å². The zero-order valence-electron chi connectivity index (χ0n) is 16.8. The smallest absolute Gasteiger partial charge is 0.321 e. The number of hydrogen-bond acceptors (Lipinski definition) is 3. The molecule has 2 atom stereocenters. The standard InChI is InChI=1S/C23H27N3O3/c1-16(27)26(2)19(12-17-8-4-3-5-9-17)15-25-22(23(28)29)13-18-14-24-21-11-7-6-10-20(18)21/h3-11,14,19,22,24-25H,12-13,15H2,1-2H3,(H,28,29)/t19-,22-/m1/s1. The molecule has 3 N–H and O–H groups in total. The van der Waals surface area contributed by atoms with Crippen LogP contribution in [0.2, 0.25) is 0 Å². The Balaban J connectivity index is 1.72. The summed E-state index contributed by atoms with van der Waals surface area (Å²) in [7, 11) is 1.76. The summed E-state index contributed by atoms with van der Waals surface area (Å²) >= 11 is 0. The van der Waals surface area contributed by atoms with Gasteiger partial charge in [0.2, 0.25) is 5.91 Å². The molecule has 0 radical (unpaired) electrons. The summed E-state index contributed by atoms with van der Waals surface area (Å²) in [4.78, 5) is 28.7. The molecule has 0 aliphatic carbocycles. The highest BCUT2D eigenvalue weighted by atomic mass is 16.4. The number of aromatic nitrogens is 1. The van der Waals surface area contributed by atoms with Crippen molar-refractivity contribution in [2.75, 3.05) is 13.6 Å². The summed E-state index contributed by atoms with van der Waals surface area (Å²) in [5, 5.41) is 13.9. The van der Waals surface area contributed by atoms with Gasteiger partial charge in [0.25, 0.3) is 0 Å². The van der Waals surface area contributed by atoms with Gasteiger partial charge in [0.15, 0.2) is 0 Å². The van der Waals surface area contributed by atoms with Crippen LogP contribution in [-0.4, -0.2) is 52.5 Å². The van der Waals surface area contributed by atoms with E-state index >= 15 is 0 Å². The van der Waals surface area contributed by atoms with Gasteiger partial charge in [0.05, 0.1) is 0 Å². The maximum absolute atomic E-state index is 11.9. The Morgan fingerprint density at radius 1 is 1.07 bits per heavy atom. The van der Waals surface area contributed by atoms with E-state index in [4.69, 9.17) is 0 Å². The number of fused-ring (bicyclic) bond motifs is 1. The van der Waals surface area contributed by atoms with Gasteiger partial charge in [-0.25, -0.2) is 0 Å². The predicted octanol–water partition coefficient (Wildman–Crippen LogP) is 2.84. The molecule has 2 aromatic carbocycles. The van der Waals surface area contributed by atoms with E-state index in [1.807, 2.05) is 60.8 Å². The highest BCUT2D eigenvalue weighted by Crippen LogP contribution is 2.19. The van der Waals surface area contributed by atoms with Crippen molar-refractivity contribution in [3.63, 3.8) is 0 Å². The maximum Gasteiger partial charge on any atom is 0.321 e. The van der Waals surface area contributed by atoms with Crippen molar-refractivity contribution in [2.45, 2.75) is 31.8 Å². The lowest BCUT2D eigenvalue weighted by Crippen LogP contribution is -2.49. The summed E-state index contributed by atoms with van der Waals surface area (Å²) in [5.41, 5.74) is 3.06. The van der Waals surface area contributed by atoms with E-state index in [0.717, 1.165) is 22.0 Å². The van der Waals surface area contributed by atoms with Crippen molar-refractivity contribution in [1.29, 1.82) is 0 Å². The Hall–Kier alpha value is -3.12. The molecule has 0 aliphatic heterocycles. The maximum atomic E-state index is 11.9. The third kappa shape index (κ3) is 5.23. The number of carbonyl (C=O) groups is 2. The van der Waals surface area contributed by atoms with E-state index in [2.05, 4.69) is 10.3 Å². The van der Waals surface area contributed by atoms with Crippen LogP contribution in [0.25, 0.3) is 10.9 Å². The van der Waals surface area contributed by atoms with Gasteiger partial charge < -0.3 is 20.3 Å². The summed E-state index contributed by atoms with van der Waals surface area (Å²) < 4.78 is 0. The number of likely N-dealkylation sites (N-methyl/N-ethyl adjacent to an activating group) is 1. The van der Waals surface area contributed by atoms with E-state index in [-0.39, 0.29) is 11.9 Å². The third-order valence-electron chi connectivity index (χ3n) is 5.36. The molecular formula is C23H27N3O3. The molecular weight excluding hydrogens is 366 g/mol. The second kappa shape index (κ2) is 9.39. The van der Waals surface area contributed by atoms with Crippen LogP contribution >= 0.6 is 0 Å². The number of amides is 1. The molecule has 6 heteroatoms. The number of aliphatic carboxylic acids is 1. The number of rotatable bonds is 9. The number of aromatic amines is 1. The quantitative estimate of drug-likeness (QED) is 0.522. The SMILES string of the molecule is CC(=O)N(C)[C@@H](CN[C@H](Cc1c[nH]c2ccccc12)C(=O)O)Cc1ccccc1. The molecule has 29 heavy (non-hydrogen) atoms. The Labute approximate surface area is 170 Å². The Bertz CT molecular complexity index is 968. The molecule has 0 saturated carbocycles. The molecule has 0 fully saturated rings. The number of benzene rings is 2. The van der Waals surface area contributed by atoms with Crippen molar-refractivity contribution in [1.82, 2.24) is 15.2 Å². The van der Waals surface area contributed by atoms with Crippen LogP contribution in [0.5, 0.6) is 0 Å². The molecule has 0 aliphatic rings. The Morgan fingerprint density at radius 2 is 1.76 bits per heavy atom. The van der Waals surface area contributed by atoms with Crippen LogP contribution in [-0.2, 0) is 22.4 Å². The second-order valence-electron chi connectivity index (χ2n) is 7.34. The minimum Gasteiger partial charge on any atom is -0.480 e. The minimum atomic E-state index is -0.903. The average Bonchev–Trinajstić information content (AvgIpc) is 3.13. The van der Waals surface area contributed by atoms with Crippen LogP contribution in [0.1, 0.15) is 18.1 Å². The van der Waals surface area contributed by atoms with E-state index in [1.54, 1.807) is 11.9 Å². The van der Waals surface area contributed by atoms with Crippen LogP contribution in [0, 0.1) is 0 Å². The minimum absolute atomic E-state index is 0.0452. The van der Waals surface area contributed by atoms with Crippen LogP contribution in [0.4, 0.5) is 0 Å². The first-order valence-corrected chi connectivity index (χ1v) is 9.74. The summed E-state index contributed by atoms with van der Waals surface area (Å²) in [6, 6.07) is 16.9. The van der Waals surface area contributed by atoms with E-state index in [0.29, 0.717) is 19.4 Å². The normalized spacial score (nSPS) is 13.2. The lowest BCUT2D eigenvalue weighted by Gasteiger charge is -2.29. The molecule has 1 aromatic heterocycles. The zero-order valence-corrected chi connectivity index (χ0v) is 16.8. The molecule has 3 aromatic rings. The highest BCUT2D eigenvalue weighted by Gasteiger charge is 2.23. The number of carboxylic acid groups (broad SMARTS) is 1. The summed E-state index contributed by atoms with van der Waals surface area (Å²) in [6.45, 7) is 1.92. The fourth-order valence-electron chi connectivity index (χ4n) is 3.53. The van der Waals surface area contributed by atoms with E-state index in [1.165, 1.54) is 6.92 Å². The number of nitrogens with one attached hydrogen (secondary N) is 2. The number of hydrogen-bond donors (Lipinski definition) is 3. The van der Waals surface area contributed by atoms with Gasteiger partial charge in [-0.05, 0) is 23.6 Å². The van der Waals surface area contributed by atoms with Crippen LogP contribution < -0.4 is 5.32 Å². The topological polar surface area (TPSA) is 85.4 Å². The first-order chi connectivity index (χ1) is 14.0. The third-order valence-corrected chi connectivity index (χ3v) is 5.36. The van der Waals surface area contributed by atoms with Gasteiger partial charge in [-0.15, -0.1) is 0 Å². The van der Waals surface area contributed by atoms with Crippen LogP contribution in [0.3, 0.4) is 0 Å². The largest absolute Gasteiger partial charge is 0.480 e. The predicted molar refractivity (Wildman–Crippen MR) is 114 cm³/mol. The molecule has 1 amide bonds. The highest BCUT2D eigenvalue weighted by molar-refractivity contribution is 5.84. The number of nitrogens with zero attached hydrogens (tertiary/aromatic N) is 1. The Kier molecular flexibility index (Phi) is 6.67. The molecule has 3 rings (SSSR count). The van der Waals surface area contributed by atoms with Gasteiger partial charge in [-0.3, -0.25) is 9.59 Å². The number of para-hydroxylation sites is 1. The second-order valence-corrected chi connectivity index (χ2v) is 7.34. The molecule has 0 spiro atoms. The van der Waals surface area contributed by atoms with Crippen molar-refractivity contribution < 1.29 is 14.7 Å². The monoisotopic (exact) mass is 393 g/mol. The van der Waals surface area contributed by atoms with Crippen molar-refractivity contribution >= 4 is 22.8 Å². The molecule has 152 valence electrons. The summed E-state index contributed by atoms with van der Waals surface area (Å²) in [5.74, 6) is -0.949. The zero-order chi connectivity index (χ0) is 20.8. The van der Waals surface area contributed by atoms with Crippen LogP contribution in [0.15, 0.2) is 60.8 Å². The first-order valence-electron chi connectivity index (χ1n) is 9.74. The molecule has 1 heterocycles. The number of carboxylic acids is 1. The summed E-state index contributed by atoms with van der Waals surface area (Å²) in [6.07, 6.45) is 2.88. The molecule has 0 bridgehead atoms. The Morgan fingerprint density at radius 3 is 2.45 bits per heavy atom. The van der Waals surface area contributed by atoms with Gasteiger partial charge in [0.1, 0.15) is 6.04 Å². The lowest BCUT2D eigenvalue weighted by molar-refractivity contribution is -0.139. The lowest BCUT2D eigenvalue weighted by atomic mass is 10.0. The molecule has 6 nitrogen and oxygen atoms in total. The molecule has 0 saturated heterocycles. The fourth-order valence-corrected chi connectivity index (χ4v) is 3.53. The van der Waals surface area contributed by atoms with Gasteiger partial charge in [-0.1, -0.05) is 48.5 Å². The van der Waals surface area contributed by atoms with Gasteiger partial charge in [0, 0.05) is 50.1 Å². The van der Waals surface area contributed by atoms with Crippen molar-refractivity contribution in [3.8, 4) is 0 Å². The molecule has 0 unspecified atom stereocenters. The van der Waals surface area contributed by atoms with Crippen molar-refractivity contribution in [3.05, 3.63) is 71.9 Å².